The normalized spacial score (nSPS) is 20.4. The van der Waals surface area contributed by atoms with Gasteiger partial charge in [0.15, 0.2) is 0 Å². The number of rotatable bonds is 8. The van der Waals surface area contributed by atoms with E-state index in [2.05, 4.69) is 10.3 Å². The fourth-order valence-electron chi connectivity index (χ4n) is 3.29. The SMILES string of the molecule is O=C1C2CCCN2C(=O)N1CCCCNCCc1ccccn1. The number of nitrogens with one attached hydrogen (secondary N) is 1. The summed E-state index contributed by atoms with van der Waals surface area (Å²) < 4.78 is 0. The summed E-state index contributed by atoms with van der Waals surface area (Å²) in [6.45, 7) is 3.08. The molecular formula is C17H24N4O2. The van der Waals surface area contributed by atoms with E-state index < -0.39 is 0 Å². The molecule has 2 fully saturated rings. The van der Waals surface area contributed by atoms with Crippen LogP contribution in [0.5, 0.6) is 0 Å². The van der Waals surface area contributed by atoms with Crippen molar-refractivity contribution in [3.8, 4) is 0 Å². The number of carbonyl (C=O) groups is 2. The molecule has 1 unspecified atom stereocenters. The fourth-order valence-corrected chi connectivity index (χ4v) is 3.29. The molecule has 0 bridgehead atoms. The summed E-state index contributed by atoms with van der Waals surface area (Å²) >= 11 is 0. The highest BCUT2D eigenvalue weighted by Crippen LogP contribution is 2.27. The minimum atomic E-state index is -0.168. The van der Waals surface area contributed by atoms with E-state index >= 15 is 0 Å². The van der Waals surface area contributed by atoms with Crippen LogP contribution >= 0.6 is 0 Å². The van der Waals surface area contributed by atoms with Crippen LogP contribution in [0, 0.1) is 0 Å². The maximum atomic E-state index is 12.2. The number of pyridine rings is 1. The molecule has 3 amide bonds. The molecule has 2 saturated heterocycles. The standard InChI is InChI=1S/C17H24N4O2/c22-16-15-7-5-13-20(15)17(23)21(16)12-4-3-9-18-11-8-14-6-1-2-10-19-14/h1-2,6,10,15,18H,3-5,7-9,11-13H2. The predicted molar refractivity (Wildman–Crippen MR) is 86.9 cm³/mol. The van der Waals surface area contributed by atoms with Gasteiger partial charge in [0.05, 0.1) is 0 Å². The zero-order chi connectivity index (χ0) is 16.1. The Morgan fingerprint density at radius 3 is 2.91 bits per heavy atom. The van der Waals surface area contributed by atoms with Crippen LogP contribution in [0.1, 0.15) is 31.4 Å². The molecule has 0 radical (unpaired) electrons. The van der Waals surface area contributed by atoms with Crippen molar-refractivity contribution in [1.82, 2.24) is 20.1 Å². The van der Waals surface area contributed by atoms with Gasteiger partial charge in [-0.3, -0.25) is 14.7 Å². The third-order valence-electron chi connectivity index (χ3n) is 4.55. The third kappa shape index (κ3) is 3.69. The van der Waals surface area contributed by atoms with Gasteiger partial charge in [-0.1, -0.05) is 6.07 Å². The largest absolute Gasteiger partial charge is 0.327 e. The van der Waals surface area contributed by atoms with Crippen LogP contribution in [0.3, 0.4) is 0 Å². The second-order valence-corrected chi connectivity index (χ2v) is 6.15. The van der Waals surface area contributed by atoms with E-state index in [1.54, 1.807) is 4.90 Å². The van der Waals surface area contributed by atoms with Crippen molar-refractivity contribution < 1.29 is 9.59 Å². The maximum absolute atomic E-state index is 12.2. The zero-order valence-corrected chi connectivity index (χ0v) is 13.4. The molecule has 2 aliphatic heterocycles. The van der Waals surface area contributed by atoms with Gasteiger partial charge in [-0.25, -0.2) is 4.79 Å². The average molecular weight is 316 g/mol. The summed E-state index contributed by atoms with van der Waals surface area (Å²) in [7, 11) is 0. The van der Waals surface area contributed by atoms with Gasteiger partial charge < -0.3 is 10.2 Å². The van der Waals surface area contributed by atoms with E-state index in [9.17, 15) is 9.59 Å². The van der Waals surface area contributed by atoms with E-state index in [1.807, 2.05) is 24.4 Å². The van der Waals surface area contributed by atoms with Gasteiger partial charge in [-0.2, -0.15) is 0 Å². The molecule has 1 atom stereocenters. The molecule has 1 aromatic heterocycles. The highest BCUT2D eigenvalue weighted by Gasteiger charge is 2.46. The van der Waals surface area contributed by atoms with E-state index in [4.69, 9.17) is 0 Å². The average Bonchev–Trinajstić information content (AvgIpc) is 3.14. The molecule has 0 saturated carbocycles. The summed E-state index contributed by atoms with van der Waals surface area (Å²) in [4.78, 5) is 31.7. The Hall–Kier alpha value is -1.95. The van der Waals surface area contributed by atoms with Crippen LogP contribution in [-0.4, -0.2) is 58.9 Å². The lowest BCUT2D eigenvalue weighted by molar-refractivity contribution is -0.128. The van der Waals surface area contributed by atoms with Crippen LogP contribution in [-0.2, 0) is 11.2 Å². The van der Waals surface area contributed by atoms with Gasteiger partial charge in [0, 0.05) is 37.9 Å². The number of imide groups is 1. The lowest BCUT2D eigenvalue weighted by atomic mass is 10.2. The quantitative estimate of drug-likeness (QED) is 0.582. The highest BCUT2D eigenvalue weighted by molar-refractivity contribution is 6.04. The van der Waals surface area contributed by atoms with Crippen molar-refractivity contribution in [2.45, 2.75) is 38.1 Å². The Kier molecular flexibility index (Phi) is 5.23. The monoisotopic (exact) mass is 316 g/mol. The number of urea groups is 1. The molecule has 23 heavy (non-hydrogen) atoms. The first-order valence-corrected chi connectivity index (χ1v) is 8.50. The van der Waals surface area contributed by atoms with E-state index in [-0.39, 0.29) is 18.0 Å². The summed E-state index contributed by atoms with van der Waals surface area (Å²) in [5, 5.41) is 3.38. The zero-order valence-electron chi connectivity index (χ0n) is 13.4. The molecule has 3 rings (SSSR count). The van der Waals surface area contributed by atoms with Crippen LogP contribution in [0.25, 0.3) is 0 Å². The van der Waals surface area contributed by atoms with Crippen LogP contribution in [0.2, 0.25) is 0 Å². The molecule has 6 nitrogen and oxygen atoms in total. The molecule has 6 heteroatoms. The third-order valence-corrected chi connectivity index (χ3v) is 4.55. The number of hydrogen-bond acceptors (Lipinski definition) is 4. The summed E-state index contributed by atoms with van der Waals surface area (Å²) in [5.41, 5.74) is 1.09. The molecule has 1 N–H and O–H groups in total. The Labute approximate surface area is 136 Å². The summed E-state index contributed by atoms with van der Waals surface area (Å²) in [6.07, 6.45) is 6.33. The van der Waals surface area contributed by atoms with Gasteiger partial charge in [0.1, 0.15) is 6.04 Å². The Morgan fingerprint density at radius 1 is 1.22 bits per heavy atom. The first-order valence-electron chi connectivity index (χ1n) is 8.50. The number of fused-ring (bicyclic) bond motifs is 1. The molecule has 2 aliphatic rings. The van der Waals surface area contributed by atoms with Gasteiger partial charge >= 0.3 is 6.03 Å². The molecule has 0 aromatic carbocycles. The number of amides is 3. The Balaban J connectivity index is 1.29. The number of carbonyl (C=O) groups excluding carboxylic acids is 2. The lowest BCUT2D eigenvalue weighted by Gasteiger charge is -2.15. The van der Waals surface area contributed by atoms with Crippen LogP contribution in [0.4, 0.5) is 4.79 Å². The first kappa shape index (κ1) is 15.9. The van der Waals surface area contributed by atoms with Crippen LogP contribution < -0.4 is 5.32 Å². The molecule has 0 aliphatic carbocycles. The van der Waals surface area contributed by atoms with Crippen molar-refractivity contribution >= 4 is 11.9 Å². The first-order chi connectivity index (χ1) is 11.3. The second-order valence-electron chi connectivity index (χ2n) is 6.15. The van der Waals surface area contributed by atoms with Crippen molar-refractivity contribution in [1.29, 1.82) is 0 Å². The molecule has 1 aromatic rings. The van der Waals surface area contributed by atoms with Crippen molar-refractivity contribution in [2.24, 2.45) is 0 Å². The highest BCUT2D eigenvalue weighted by atomic mass is 16.2. The summed E-state index contributed by atoms with van der Waals surface area (Å²) in [5.74, 6) is 0.00983. The smallest absolute Gasteiger partial charge is 0.316 e. The van der Waals surface area contributed by atoms with Crippen molar-refractivity contribution in [3.63, 3.8) is 0 Å². The van der Waals surface area contributed by atoms with Crippen LogP contribution in [0.15, 0.2) is 24.4 Å². The summed E-state index contributed by atoms with van der Waals surface area (Å²) in [6, 6.07) is 5.69. The number of nitrogens with zero attached hydrogens (tertiary/aromatic N) is 3. The number of hydrogen-bond donors (Lipinski definition) is 1. The van der Waals surface area contributed by atoms with E-state index in [0.717, 1.165) is 57.4 Å². The minimum Gasteiger partial charge on any atom is -0.316 e. The second kappa shape index (κ2) is 7.55. The topological polar surface area (TPSA) is 65.5 Å². The van der Waals surface area contributed by atoms with Gasteiger partial charge in [0.2, 0.25) is 0 Å². The molecule has 3 heterocycles. The van der Waals surface area contributed by atoms with Gasteiger partial charge in [-0.15, -0.1) is 0 Å². The van der Waals surface area contributed by atoms with Gasteiger partial charge in [0.25, 0.3) is 5.91 Å². The fraction of sp³-hybridized carbons (Fsp3) is 0.588. The molecule has 124 valence electrons. The van der Waals surface area contributed by atoms with Crippen molar-refractivity contribution in [3.05, 3.63) is 30.1 Å². The lowest BCUT2D eigenvalue weighted by Crippen LogP contribution is -2.34. The predicted octanol–water partition coefficient (Wildman–Crippen LogP) is 1.42. The molecule has 0 spiro atoms. The van der Waals surface area contributed by atoms with Gasteiger partial charge in [-0.05, 0) is 44.4 Å². The van der Waals surface area contributed by atoms with E-state index in [1.165, 1.54) is 4.90 Å². The van der Waals surface area contributed by atoms with Crippen molar-refractivity contribution in [2.75, 3.05) is 26.2 Å². The maximum Gasteiger partial charge on any atom is 0.327 e. The number of aromatic nitrogens is 1. The Morgan fingerprint density at radius 2 is 2.13 bits per heavy atom. The Bertz CT molecular complexity index is 527. The van der Waals surface area contributed by atoms with E-state index in [0.29, 0.717) is 6.54 Å². The molecular weight excluding hydrogens is 292 g/mol. The number of unbranched alkanes of at least 4 members (excludes halogenated alkanes) is 1. The minimum absolute atomic E-state index is 0.00983.